The molecule has 0 saturated carbocycles. The van der Waals surface area contributed by atoms with E-state index in [0.29, 0.717) is 43.9 Å². The highest BCUT2D eigenvalue weighted by Crippen LogP contribution is 2.25. The second-order valence-corrected chi connectivity index (χ2v) is 8.43. The van der Waals surface area contributed by atoms with Gasteiger partial charge in [0.2, 0.25) is 15.9 Å². The fraction of sp³-hybridized carbons (Fsp3) is 0.471. The van der Waals surface area contributed by atoms with Crippen molar-refractivity contribution in [2.24, 2.45) is 5.92 Å². The first-order valence-electron chi connectivity index (χ1n) is 8.45. The minimum absolute atomic E-state index is 0.00378. The van der Waals surface area contributed by atoms with E-state index in [2.05, 4.69) is 10.1 Å². The highest BCUT2D eigenvalue weighted by atomic mass is 32.2. The van der Waals surface area contributed by atoms with Crippen molar-refractivity contribution in [3.63, 3.8) is 0 Å². The normalized spacial score (nSPS) is 16.5. The third kappa shape index (κ3) is 3.94. The largest absolute Gasteiger partial charge is 0.361 e. The second kappa shape index (κ2) is 7.55. The van der Waals surface area contributed by atoms with Crippen LogP contribution in [0.3, 0.4) is 0 Å². The van der Waals surface area contributed by atoms with Crippen LogP contribution in [-0.2, 0) is 21.4 Å². The van der Waals surface area contributed by atoms with Gasteiger partial charge in [0.15, 0.2) is 0 Å². The molecule has 0 aromatic carbocycles. The van der Waals surface area contributed by atoms with Crippen molar-refractivity contribution in [2.45, 2.75) is 31.2 Å². The predicted octanol–water partition coefficient (Wildman–Crippen LogP) is 1.44. The Bertz CT molecular complexity index is 858. The molecule has 1 aliphatic heterocycles. The molecule has 0 bridgehead atoms. The summed E-state index contributed by atoms with van der Waals surface area (Å²) in [4.78, 5) is 18.3. The maximum absolute atomic E-state index is 12.6. The van der Waals surface area contributed by atoms with Crippen LogP contribution in [0, 0.1) is 12.8 Å². The van der Waals surface area contributed by atoms with Crippen LogP contribution < -0.4 is 0 Å². The lowest BCUT2D eigenvalue weighted by Crippen LogP contribution is -2.43. The van der Waals surface area contributed by atoms with Crippen molar-refractivity contribution in [1.29, 1.82) is 0 Å². The predicted molar refractivity (Wildman–Crippen MR) is 93.4 cm³/mol. The minimum Gasteiger partial charge on any atom is -0.361 e. The Hall–Kier alpha value is -2.26. The fourth-order valence-electron chi connectivity index (χ4n) is 3.12. The lowest BCUT2D eigenvalue weighted by molar-refractivity contribution is -0.136. The number of aromatic nitrogens is 2. The molecule has 0 unspecified atom stereocenters. The van der Waals surface area contributed by atoms with Crippen molar-refractivity contribution >= 4 is 15.9 Å². The molecular formula is C17H22N4O4S. The number of carbonyl (C=O) groups is 1. The van der Waals surface area contributed by atoms with Crippen LogP contribution in [-0.4, -0.2) is 53.8 Å². The third-order valence-electron chi connectivity index (χ3n) is 4.53. The Kier molecular flexibility index (Phi) is 5.38. The van der Waals surface area contributed by atoms with Crippen LogP contribution in [0.5, 0.6) is 0 Å². The SMILES string of the molecule is Cc1cc(CN(C)C(=O)C2CCN(S(=O)(=O)c3cccnc3)CC2)no1. The molecule has 1 fully saturated rings. The Balaban J connectivity index is 1.58. The molecule has 0 spiro atoms. The summed E-state index contributed by atoms with van der Waals surface area (Å²) >= 11 is 0. The molecule has 0 aliphatic carbocycles. The van der Waals surface area contributed by atoms with Gasteiger partial charge in [-0.05, 0) is 31.9 Å². The quantitative estimate of drug-likeness (QED) is 0.781. The molecular weight excluding hydrogens is 356 g/mol. The Labute approximate surface area is 152 Å². The monoisotopic (exact) mass is 378 g/mol. The van der Waals surface area contributed by atoms with Crippen LogP contribution in [0.25, 0.3) is 0 Å². The fourth-order valence-corrected chi connectivity index (χ4v) is 4.55. The molecule has 1 amide bonds. The molecule has 3 heterocycles. The Morgan fingerprint density at radius 1 is 1.38 bits per heavy atom. The first-order chi connectivity index (χ1) is 12.4. The number of sulfonamides is 1. The van der Waals surface area contributed by atoms with Crippen molar-refractivity contribution in [3.8, 4) is 0 Å². The van der Waals surface area contributed by atoms with E-state index in [4.69, 9.17) is 4.52 Å². The van der Waals surface area contributed by atoms with Crippen molar-refractivity contribution in [3.05, 3.63) is 42.0 Å². The van der Waals surface area contributed by atoms with Gasteiger partial charge < -0.3 is 9.42 Å². The van der Waals surface area contributed by atoms with E-state index in [0.717, 1.165) is 0 Å². The number of aryl methyl sites for hydroxylation is 1. The zero-order valence-corrected chi connectivity index (χ0v) is 15.6. The molecule has 140 valence electrons. The van der Waals surface area contributed by atoms with Crippen molar-refractivity contribution in [1.82, 2.24) is 19.3 Å². The first-order valence-corrected chi connectivity index (χ1v) is 9.89. The molecule has 3 rings (SSSR count). The molecule has 8 nitrogen and oxygen atoms in total. The summed E-state index contributed by atoms with van der Waals surface area (Å²) in [5.74, 6) is 0.521. The van der Waals surface area contributed by atoms with E-state index >= 15 is 0 Å². The third-order valence-corrected chi connectivity index (χ3v) is 6.41. The van der Waals surface area contributed by atoms with Gasteiger partial charge in [-0.15, -0.1) is 0 Å². The number of pyridine rings is 1. The summed E-state index contributed by atoms with van der Waals surface area (Å²) in [6.07, 6.45) is 3.89. The Morgan fingerprint density at radius 2 is 2.12 bits per heavy atom. The van der Waals surface area contributed by atoms with E-state index < -0.39 is 10.0 Å². The van der Waals surface area contributed by atoms with Crippen molar-refractivity contribution in [2.75, 3.05) is 20.1 Å². The number of carbonyl (C=O) groups excluding carboxylic acids is 1. The minimum atomic E-state index is -3.55. The number of hydrogen-bond donors (Lipinski definition) is 0. The molecule has 2 aromatic heterocycles. The average Bonchev–Trinajstić information content (AvgIpc) is 3.06. The molecule has 2 aromatic rings. The zero-order valence-electron chi connectivity index (χ0n) is 14.8. The van der Waals surface area contributed by atoms with Crippen LogP contribution in [0.2, 0.25) is 0 Å². The lowest BCUT2D eigenvalue weighted by atomic mass is 9.96. The number of nitrogens with zero attached hydrogens (tertiary/aromatic N) is 4. The van der Waals surface area contributed by atoms with Gasteiger partial charge in [0.1, 0.15) is 16.3 Å². The molecule has 0 N–H and O–H groups in total. The summed E-state index contributed by atoms with van der Waals surface area (Å²) in [6.45, 7) is 2.83. The van der Waals surface area contributed by atoms with E-state index in [1.807, 2.05) is 0 Å². The molecule has 1 aliphatic rings. The van der Waals surface area contributed by atoms with E-state index in [9.17, 15) is 13.2 Å². The highest BCUT2D eigenvalue weighted by Gasteiger charge is 2.33. The smallest absolute Gasteiger partial charge is 0.244 e. The van der Waals surface area contributed by atoms with Gasteiger partial charge in [0.05, 0.1) is 6.54 Å². The van der Waals surface area contributed by atoms with Crippen LogP contribution in [0.15, 0.2) is 40.0 Å². The van der Waals surface area contributed by atoms with Crippen LogP contribution in [0.4, 0.5) is 0 Å². The number of amides is 1. The van der Waals surface area contributed by atoms with Crippen LogP contribution >= 0.6 is 0 Å². The van der Waals surface area contributed by atoms with Gasteiger partial charge in [0, 0.05) is 44.5 Å². The van der Waals surface area contributed by atoms with E-state index in [1.165, 1.54) is 22.8 Å². The van der Waals surface area contributed by atoms with E-state index in [-0.39, 0.29) is 16.7 Å². The molecule has 1 saturated heterocycles. The summed E-state index contributed by atoms with van der Waals surface area (Å²) in [7, 11) is -1.83. The van der Waals surface area contributed by atoms with Gasteiger partial charge in [-0.3, -0.25) is 9.78 Å². The standard InChI is InChI=1S/C17H22N4O4S/c1-13-10-15(19-25-13)12-20(2)17(22)14-5-8-21(9-6-14)26(23,24)16-4-3-7-18-11-16/h3-4,7,10-11,14H,5-6,8-9,12H2,1-2H3. The number of rotatable bonds is 5. The average molecular weight is 378 g/mol. The first kappa shape index (κ1) is 18.5. The molecule has 0 radical (unpaired) electrons. The molecule has 26 heavy (non-hydrogen) atoms. The van der Waals surface area contributed by atoms with Gasteiger partial charge >= 0.3 is 0 Å². The van der Waals surface area contributed by atoms with E-state index in [1.54, 1.807) is 31.0 Å². The summed E-state index contributed by atoms with van der Waals surface area (Å²) in [5.41, 5.74) is 0.704. The second-order valence-electron chi connectivity index (χ2n) is 6.49. The molecule has 0 atom stereocenters. The topological polar surface area (TPSA) is 96.6 Å². The van der Waals surface area contributed by atoms with Gasteiger partial charge in [-0.25, -0.2) is 8.42 Å². The zero-order chi connectivity index (χ0) is 18.7. The van der Waals surface area contributed by atoms with Gasteiger partial charge in [0.25, 0.3) is 0 Å². The maximum atomic E-state index is 12.6. The summed E-state index contributed by atoms with van der Waals surface area (Å²) < 4.78 is 31.7. The van der Waals surface area contributed by atoms with Crippen molar-refractivity contribution < 1.29 is 17.7 Å². The van der Waals surface area contributed by atoms with Crippen LogP contribution in [0.1, 0.15) is 24.3 Å². The lowest BCUT2D eigenvalue weighted by Gasteiger charge is -2.32. The summed E-state index contributed by atoms with van der Waals surface area (Å²) in [6, 6.07) is 4.93. The number of hydrogen-bond acceptors (Lipinski definition) is 6. The van der Waals surface area contributed by atoms with Gasteiger partial charge in [-0.2, -0.15) is 4.31 Å². The maximum Gasteiger partial charge on any atom is 0.244 e. The van der Waals surface area contributed by atoms with Gasteiger partial charge in [-0.1, -0.05) is 5.16 Å². The highest BCUT2D eigenvalue weighted by molar-refractivity contribution is 7.89. The number of piperidine rings is 1. The molecule has 9 heteroatoms. The summed E-state index contributed by atoms with van der Waals surface area (Å²) in [5, 5.41) is 3.90. The Morgan fingerprint density at radius 3 is 2.69 bits per heavy atom.